The lowest BCUT2D eigenvalue weighted by Gasteiger charge is -2.12. The van der Waals surface area contributed by atoms with Crippen molar-refractivity contribution in [2.45, 2.75) is 19.5 Å². The van der Waals surface area contributed by atoms with E-state index in [0.717, 1.165) is 24.2 Å². The van der Waals surface area contributed by atoms with E-state index in [1.165, 1.54) is 17.0 Å². The summed E-state index contributed by atoms with van der Waals surface area (Å²) in [7, 11) is 0. The van der Waals surface area contributed by atoms with Crippen LogP contribution < -0.4 is 10.6 Å². The minimum Gasteiger partial charge on any atom is -0.356 e. The summed E-state index contributed by atoms with van der Waals surface area (Å²) >= 11 is 1.73. The Balaban J connectivity index is 0.00000300. The molecule has 0 radical (unpaired) electrons. The van der Waals surface area contributed by atoms with E-state index in [4.69, 9.17) is 0 Å². The number of pyridine rings is 1. The van der Waals surface area contributed by atoms with Crippen LogP contribution in [0.4, 0.5) is 5.69 Å². The summed E-state index contributed by atoms with van der Waals surface area (Å²) in [6.07, 6.45) is 2.68. The monoisotopic (exact) mass is 523 g/mol. The Labute approximate surface area is 190 Å². The summed E-state index contributed by atoms with van der Waals surface area (Å²) < 4.78 is 0. The molecule has 1 aromatic carbocycles. The largest absolute Gasteiger partial charge is 0.356 e. The summed E-state index contributed by atoms with van der Waals surface area (Å²) in [6, 6.07) is 16.4. The molecular weight excluding hydrogens is 501 g/mol. The van der Waals surface area contributed by atoms with E-state index in [9.17, 15) is 10.1 Å². The second-order valence-electron chi connectivity index (χ2n) is 6.02. The zero-order chi connectivity index (χ0) is 19.6. The number of halogens is 1. The fraction of sp³-hybridized carbons (Fsp3) is 0.200. The quantitative estimate of drug-likeness (QED) is 0.152. The number of aromatic nitrogens is 1. The second-order valence-corrected chi connectivity index (χ2v) is 7.05. The van der Waals surface area contributed by atoms with Crippen LogP contribution in [0, 0.1) is 10.1 Å². The van der Waals surface area contributed by atoms with Crippen LogP contribution in [-0.4, -0.2) is 22.4 Å². The summed E-state index contributed by atoms with van der Waals surface area (Å²) in [6.45, 7) is 1.75. The van der Waals surface area contributed by atoms with Crippen LogP contribution in [0.3, 0.4) is 0 Å². The topological polar surface area (TPSA) is 92.5 Å². The molecule has 0 bridgehead atoms. The molecular formula is C20H22IN5O2S. The van der Waals surface area contributed by atoms with Gasteiger partial charge in [-0.05, 0) is 35.6 Å². The summed E-state index contributed by atoms with van der Waals surface area (Å²) in [4.78, 5) is 20.6. The molecule has 0 aliphatic rings. The highest BCUT2D eigenvalue weighted by atomic mass is 127. The number of nitro benzene ring substituents is 1. The summed E-state index contributed by atoms with van der Waals surface area (Å²) in [5.74, 6) is 0.681. The van der Waals surface area contributed by atoms with Crippen LogP contribution in [-0.2, 0) is 19.5 Å². The fourth-order valence-electron chi connectivity index (χ4n) is 2.50. The Hall–Kier alpha value is -2.53. The van der Waals surface area contributed by atoms with Gasteiger partial charge in [0.05, 0.1) is 23.7 Å². The molecule has 0 saturated heterocycles. The van der Waals surface area contributed by atoms with Crippen molar-refractivity contribution >= 4 is 47.0 Å². The molecule has 2 aromatic heterocycles. The highest BCUT2D eigenvalue weighted by Gasteiger charge is 2.05. The van der Waals surface area contributed by atoms with Crippen molar-refractivity contribution in [2.24, 2.45) is 4.99 Å². The maximum Gasteiger partial charge on any atom is 0.269 e. The molecule has 2 N–H and O–H groups in total. The molecule has 0 atom stereocenters. The maximum atomic E-state index is 10.8. The first-order chi connectivity index (χ1) is 13.7. The fourth-order valence-corrected chi connectivity index (χ4v) is 3.21. The van der Waals surface area contributed by atoms with Crippen molar-refractivity contribution in [1.29, 1.82) is 0 Å². The molecule has 9 heteroatoms. The number of hydrogen-bond donors (Lipinski definition) is 2. The molecule has 3 aromatic rings. The average molecular weight is 523 g/mol. The van der Waals surface area contributed by atoms with Gasteiger partial charge in [0.1, 0.15) is 0 Å². The van der Waals surface area contributed by atoms with E-state index in [-0.39, 0.29) is 29.7 Å². The van der Waals surface area contributed by atoms with Gasteiger partial charge in [-0.2, -0.15) is 0 Å². The lowest BCUT2D eigenvalue weighted by atomic mass is 10.2. The normalized spacial score (nSPS) is 10.8. The Kier molecular flexibility index (Phi) is 9.51. The predicted octanol–water partition coefficient (Wildman–Crippen LogP) is 4.15. The van der Waals surface area contributed by atoms with E-state index in [0.29, 0.717) is 19.0 Å². The van der Waals surface area contributed by atoms with Gasteiger partial charge in [-0.3, -0.25) is 15.1 Å². The molecule has 0 amide bonds. The molecule has 29 heavy (non-hydrogen) atoms. The minimum absolute atomic E-state index is 0. The number of nitrogens with one attached hydrogen (secondary N) is 2. The number of nitro groups is 1. The first-order valence-corrected chi connectivity index (χ1v) is 9.76. The second kappa shape index (κ2) is 12.1. The van der Waals surface area contributed by atoms with Gasteiger partial charge < -0.3 is 10.6 Å². The van der Waals surface area contributed by atoms with Crippen LogP contribution in [0.1, 0.15) is 16.1 Å². The van der Waals surface area contributed by atoms with Crippen LogP contribution in [0.25, 0.3) is 0 Å². The summed E-state index contributed by atoms with van der Waals surface area (Å²) in [5, 5.41) is 19.5. The van der Waals surface area contributed by atoms with Crippen LogP contribution >= 0.6 is 35.3 Å². The van der Waals surface area contributed by atoms with E-state index >= 15 is 0 Å². The smallest absolute Gasteiger partial charge is 0.269 e. The van der Waals surface area contributed by atoms with Crippen molar-refractivity contribution in [3.8, 4) is 0 Å². The number of nitrogens with zero attached hydrogens (tertiary/aromatic N) is 3. The number of rotatable bonds is 8. The molecule has 0 aliphatic heterocycles. The lowest BCUT2D eigenvalue weighted by molar-refractivity contribution is -0.384. The lowest BCUT2D eigenvalue weighted by Crippen LogP contribution is -2.38. The number of guanidine groups is 1. The number of aliphatic imine (C=N–C) groups is 1. The Morgan fingerprint density at radius 3 is 2.59 bits per heavy atom. The van der Waals surface area contributed by atoms with Crippen molar-refractivity contribution in [2.75, 3.05) is 6.54 Å². The molecule has 7 nitrogen and oxygen atoms in total. The van der Waals surface area contributed by atoms with Gasteiger partial charge in [0.25, 0.3) is 5.69 Å². The van der Waals surface area contributed by atoms with Crippen LogP contribution in [0.2, 0.25) is 0 Å². The average Bonchev–Trinajstić information content (AvgIpc) is 3.24. The third-order valence-electron chi connectivity index (χ3n) is 3.97. The molecule has 2 heterocycles. The van der Waals surface area contributed by atoms with Crippen LogP contribution in [0.15, 0.2) is 71.2 Å². The predicted molar refractivity (Wildman–Crippen MR) is 127 cm³/mol. The highest BCUT2D eigenvalue weighted by Crippen LogP contribution is 2.12. The first-order valence-electron chi connectivity index (χ1n) is 8.88. The van der Waals surface area contributed by atoms with E-state index in [1.807, 2.05) is 24.3 Å². The van der Waals surface area contributed by atoms with Gasteiger partial charge in [0.2, 0.25) is 0 Å². The SMILES string of the molecule is I.O=[N+]([O-])c1ccc(CN=C(NCCc2cccs2)NCc2ccccn2)cc1. The van der Waals surface area contributed by atoms with Crippen molar-refractivity contribution < 1.29 is 4.92 Å². The number of benzene rings is 1. The van der Waals surface area contributed by atoms with E-state index in [1.54, 1.807) is 29.7 Å². The Morgan fingerprint density at radius 2 is 1.93 bits per heavy atom. The summed E-state index contributed by atoms with van der Waals surface area (Å²) in [5.41, 5.74) is 1.91. The standard InChI is InChI=1S/C20H21N5O2S.HI/c26-25(27)18-8-6-16(7-9-18)14-23-20(22-12-10-19-5-3-13-28-19)24-15-17-4-1-2-11-21-17;/h1-9,11,13H,10,12,14-15H2,(H2,22,23,24);1H. The molecule has 152 valence electrons. The van der Waals surface area contributed by atoms with Crippen molar-refractivity contribution in [3.63, 3.8) is 0 Å². The van der Waals surface area contributed by atoms with Crippen molar-refractivity contribution in [1.82, 2.24) is 15.6 Å². The molecule has 0 fully saturated rings. The third kappa shape index (κ3) is 7.78. The molecule has 3 rings (SSSR count). The van der Waals surface area contributed by atoms with Gasteiger partial charge in [-0.25, -0.2) is 4.99 Å². The Morgan fingerprint density at radius 1 is 1.10 bits per heavy atom. The van der Waals surface area contributed by atoms with E-state index in [2.05, 4.69) is 32.1 Å². The molecule has 0 aliphatic carbocycles. The zero-order valence-corrected chi connectivity index (χ0v) is 18.8. The highest BCUT2D eigenvalue weighted by molar-refractivity contribution is 14.0. The van der Waals surface area contributed by atoms with Gasteiger partial charge in [-0.15, -0.1) is 35.3 Å². The van der Waals surface area contributed by atoms with Gasteiger partial charge in [-0.1, -0.05) is 24.3 Å². The van der Waals surface area contributed by atoms with E-state index < -0.39 is 4.92 Å². The molecule has 0 unspecified atom stereocenters. The molecule has 0 spiro atoms. The number of non-ortho nitro benzene ring substituents is 1. The third-order valence-corrected chi connectivity index (χ3v) is 4.91. The van der Waals surface area contributed by atoms with Gasteiger partial charge in [0, 0.05) is 29.8 Å². The van der Waals surface area contributed by atoms with Gasteiger partial charge in [0.15, 0.2) is 5.96 Å². The van der Waals surface area contributed by atoms with Gasteiger partial charge >= 0.3 is 0 Å². The minimum atomic E-state index is -0.404. The Bertz CT molecular complexity index is 902. The molecule has 0 saturated carbocycles. The number of hydrogen-bond acceptors (Lipinski definition) is 5. The maximum absolute atomic E-state index is 10.8. The number of thiophene rings is 1. The zero-order valence-electron chi connectivity index (χ0n) is 15.7. The van der Waals surface area contributed by atoms with Crippen molar-refractivity contribution in [3.05, 3.63) is 92.4 Å². The van der Waals surface area contributed by atoms with Crippen LogP contribution in [0.5, 0.6) is 0 Å². The first kappa shape index (κ1) is 22.8.